The van der Waals surface area contributed by atoms with Gasteiger partial charge < -0.3 is 4.74 Å². The van der Waals surface area contributed by atoms with Gasteiger partial charge >= 0.3 is 5.97 Å². The number of carbonyl (C=O) groups is 1. The number of nitro groups is 1. The molecule has 0 N–H and O–H groups in total. The fraction of sp³-hybridized carbons (Fsp3) is 0.133. The molecular formula is C15H8F5NO4. The van der Waals surface area contributed by atoms with Crippen LogP contribution < -0.4 is 0 Å². The van der Waals surface area contributed by atoms with Crippen molar-refractivity contribution in [2.75, 3.05) is 0 Å². The maximum absolute atomic E-state index is 13.5. The Morgan fingerprint density at radius 3 is 2.08 bits per heavy atom. The smallest absolute Gasteiger partial charge is 0.338 e. The van der Waals surface area contributed by atoms with E-state index in [1.54, 1.807) is 0 Å². The third kappa shape index (κ3) is 3.42. The molecule has 2 rings (SSSR count). The van der Waals surface area contributed by atoms with E-state index < -0.39 is 57.8 Å². The molecule has 132 valence electrons. The maximum atomic E-state index is 13.5. The van der Waals surface area contributed by atoms with Crippen molar-refractivity contribution < 1.29 is 36.4 Å². The number of hydrogen-bond donors (Lipinski definition) is 0. The van der Waals surface area contributed by atoms with Crippen LogP contribution in [0.5, 0.6) is 0 Å². The highest BCUT2D eigenvalue weighted by molar-refractivity contribution is 5.90. The van der Waals surface area contributed by atoms with Gasteiger partial charge in [-0.3, -0.25) is 10.1 Å². The number of rotatable bonds is 4. The largest absolute Gasteiger partial charge is 0.457 e. The van der Waals surface area contributed by atoms with Crippen molar-refractivity contribution in [3.05, 3.63) is 74.1 Å². The predicted molar refractivity (Wildman–Crippen MR) is 73.2 cm³/mol. The predicted octanol–water partition coefficient (Wildman–Crippen LogP) is 3.96. The van der Waals surface area contributed by atoms with E-state index in [9.17, 15) is 36.9 Å². The Bertz CT molecular complexity index is 856. The molecule has 0 amide bonds. The molecule has 0 aromatic heterocycles. The number of halogens is 5. The molecule has 0 aliphatic heterocycles. The lowest BCUT2D eigenvalue weighted by Crippen LogP contribution is -2.12. The summed E-state index contributed by atoms with van der Waals surface area (Å²) in [5.74, 6) is -12.2. The van der Waals surface area contributed by atoms with Crippen LogP contribution in [0.3, 0.4) is 0 Å². The van der Waals surface area contributed by atoms with Gasteiger partial charge in [-0.15, -0.1) is 0 Å². The van der Waals surface area contributed by atoms with Gasteiger partial charge in [-0.05, 0) is 13.0 Å². The molecule has 10 heteroatoms. The summed E-state index contributed by atoms with van der Waals surface area (Å²) < 4.78 is 70.5. The second-order valence-electron chi connectivity index (χ2n) is 4.88. The van der Waals surface area contributed by atoms with Crippen LogP contribution in [0.2, 0.25) is 0 Å². The molecule has 0 unspecified atom stereocenters. The van der Waals surface area contributed by atoms with Crippen molar-refractivity contribution in [1.82, 2.24) is 0 Å². The molecule has 0 radical (unpaired) electrons. The van der Waals surface area contributed by atoms with Gasteiger partial charge in [0.1, 0.15) is 6.61 Å². The molecule has 0 aliphatic rings. The topological polar surface area (TPSA) is 69.4 Å². The van der Waals surface area contributed by atoms with Crippen molar-refractivity contribution in [2.45, 2.75) is 13.5 Å². The highest BCUT2D eigenvalue weighted by Gasteiger charge is 2.26. The van der Waals surface area contributed by atoms with E-state index in [2.05, 4.69) is 4.74 Å². The van der Waals surface area contributed by atoms with Crippen molar-refractivity contribution in [3.8, 4) is 0 Å². The average molecular weight is 361 g/mol. The number of esters is 1. The van der Waals surface area contributed by atoms with Crippen molar-refractivity contribution in [1.29, 1.82) is 0 Å². The fourth-order valence-corrected chi connectivity index (χ4v) is 1.93. The van der Waals surface area contributed by atoms with Crippen molar-refractivity contribution in [3.63, 3.8) is 0 Å². The van der Waals surface area contributed by atoms with Gasteiger partial charge in [-0.1, -0.05) is 6.07 Å². The highest BCUT2D eigenvalue weighted by Crippen LogP contribution is 2.24. The number of nitro benzene ring substituents is 1. The van der Waals surface area contributed by atoms with E-state index in [0.717, 1.165) is 12.1 Å². The number of nitrogens with zero attached hydrogens (tertiary/aromatic N) is 1. The number of ether oxygens (including phenoxy) is 1. The normalized spacial score (nSPS) is 10.6. The molecule has 0 bridgehead atoms. The summed E-state index contributed by atoms with van der Waals surface area (Å²) in [6, 6.07) is 3.27. The van der Waals surface area contributed by atoms with Crippen molar-refractivity contribution in [2.24, 2.45) is 0 Å². The van der Waals surface area contributed by atoms with Gasteiger partial charge in [-0.25, -0.2) is 26.7 Å². The SMILES string of the molecule is Cc1ccc(C(=O)OCc2c(F)c(F)c(F)c(F)c2F)cc1[N+](=O)[O-]. The minimum Gasteiger partial charge on any atom is -0.457 e. The molecule has 0 saturated carbocycles. The Kier molecular flexibility index (Phi) is 5.00. The van der Waals surface area contributed by atoms with Crippen LogP contribution >= 0.6 is 0 Å². The van der Waals surface area contributed by atoms with E-state index in [4.69, 9.17) is 0 Å². The van der Waals surface area contributed by atoms with E-state index in [1.807, 2.05) is 0 Å². The summed E-state index contributed by atoms with van der Waals surface area (Å²) >= 11 is 0. The Balaban J connectivity index is 2.27. The first-order valence-electron chi connectivity index (χ1n) is 6.57. The second kappa shape index (κ2) is 6.83. The molecule has 0 atom stereocenters. The zero-order valence-electron chi connectivity index (χ0n) is 12.4. The van der Waals surface area contributed by atoms with E-state index in [-0.39, 0.29) is 11.1 Å². The Morgan fingerprint density at radius 2 is 1.56 bits per heavy atom. The molecular weight excluding hydrogens is 353 g/mol. The van der Waals surface area contributed by atoms with E-state index >= 15 is 0 Å². The summed E-state index contributed by atoms with van der Waals surface area (Å²) in [7, 11) is 0. The summed E-state index contributed by atoms with van der Waals surface area (Å²) in [5.41, 5.74) is -1.79. The van der Waals surface area contributed by atoms with Gasteiger partial charge in [-0.2, -0.15) is 0 Å². The number of benzene rings is 2. The van der Waals surface area contributed by atoms with Crippen LogP contribution in [0, 0.1) is 46.1 Å². The minimum atomic E-state index is -2.33. The van der Waals surface area contributed by atoms with E-state index in [0.29, 0.717) is 0 Å². The first-order valence-corrected chi connectivity index (χ1v) is 6.57. The third-order valence-electron chi connectivity index (χ3n) is 3.29. The van der Waals surface area contributed by atoms with Crippen LogP contribution in [-0.4, -0.2) is 10.9 Å². The van der Waals surface area contributed by atoms with Gasteiger partial charge in [0.2, 0.25) is 5.82 Å². The number of carbonyl (C=O) groups excluding carboxylic acids is 1. The van der Waals surface area contributed by atoms with Gasteiger partial charge in [0.05, 0.1) is 16.1 Å². The molecule has 0 fully saturated rings. The lowest BCUT2D eigenvalue weighted by atomic mass is 10.1. The number of aryl methyl sites for hydroxylation is 1. The zero-order chi connectivity index (χ0) is 18.9. The maximum Gasteiger partial charge on any atom is 0.338 e. The molecule has 0 saturated heterocycles. The van der Waals surface area contributed by atoms with Crippen molar-refractivity contribution >= 4 is 11.7 Å². The van der Waals surface area contributed by atoms with Gasteiger partial charge in [0.25, 0.3) is 5.69 Å². The fourth-order valence-electron chi connectivity index (χ4n) is 1.93. The van der Waals surface area contributed by atoms with E-state index in [1.165, 1.54) is 13.0 Å². The van der Waals surface area contributed by atoms with Gasteiger partial charge in [0, 0.05) is 11.6 Å². The van der Waals surface area contributed by atoms with Crippen LogP contribution in [0.15, 0.2) is 18.2 Å². The Labute approximate surface area is 136 Å². The molecule has 25 heavy (non-hydrogen) atoms. The van der Waals surface area contributed by atoms with Gasteiger partial charge in [0.15, 0.2) is 23.3 Å². The summed E-state index contributed by atoms with van der Waals surface area (Å²) in [6.07, 6.45) is 0. The Hall–Kier alpha value is -3.04. The monoisotopic (exact) mass is 361 g/mol. The average Bonchev–Trinajstić information content (AvgIpc) is 2.58. The molecule has 2 aromatic rings. The molecule has 5 nitrogen and oxygen atoms in total. The van der Waals surface area contributed by atoms with Crippen LogP contribution in [0.4, 0.5) is 27.6 Å². The lowest BCUT2D eigenvalue weighted by molar-refractivity contribution is -0.385. The number of hydrogen-bond acceptors (Lipinski definition) is 4. The van der Waals surface area contributed by atoms with Crippen LogP contribution in [0.1, 0.15) is 21.5 Å². The molecule has 2 aromatic carbocycles. The first kappa shape index (κ1) is 18.3. The quantitative estimate of drug-likeness (QED) is 0.206. The summed E-state index contributed by atoms with van der Waals surface area (Å²) in [6.45, 7) is 0.175. The summed E-state index contributed by atoms with van der Waals surface area (Å²) in [5, 5.41) is 10.8. The molecule has 0 spiro atoms. The standard InChI is InChI=1S/C15H8F5NO4/c1-6-2-3-7(4-9(6)21(23)24)15(22)25-5-8-10(16)12(18)14(20)13(19)11(8)17/h2-4H,5H2,1H3. The highest BCUT2D eigenvalue weighted by atomic mass is 19.2. The third-order valence-corrected chi connectivity index (χ3v) is 3.29. The summed E-state index contributed by atoms with van der Waals surface area (Å²) in [4.78, 5) is 21.9. The molecule has 0 heterocycles. The molecule has 0 aliphatic carbocycles. The first-order chi connectivity index (χ1) is 11.6. The minimum absolute atomic E-state index is 0.251. The Morgan fingerprint density at radius 1 is 1.04 bits per heavy atom. The van der Waals surface area contributed by atoms with Crippen LogP contribution in [-0.2, 0) is 11.3 Å². The lowest BCUT2D eigenvalue weighted by Gasteiger charge is -2.09. The zero-order valence-corrected chi connectivity index (χ0v) is 12.4. The van der Waals surface area contributed by atoms with Crippen LogP contribution in [0.25, 0.3) is 0 Å². The second-order valence-corrected chi connectivity index (χ2v) is 4.88.